The van der Waals surface area contributed by atoms with Gasteiger partial charge in [0.1, 0.15) is 18.0 Å². The summed E-state index contributed by atoms with van der Waals surface area (Å²) in [5.74, 6) is 1.08. The Kier molecular flexibility index (Phi) is 5.75. The number of ether oxygens (including phenoxy) is 1. The minimum absolute atomic E-state index is 0.0953. The fourth-order valence-electron chi connectivity index (χ4n) is 4.80. The van der Waals surface area contributed by atoms with E-state index in [9.17, 15) is 9.59 Å². The van der Waals surface area contributed by atoms with Gasteiger partial charge in [0, 0.05) is 29.1 Å². The number of nitrogens with one attached hydrogen (secondary N) is 2. The van der Waals surface area contributed by atoms with Crippen LogP contribution in [-0.2, 0) is 11.2 Å². The standard InChI is InChI=1S/C26H23N9O3/c1-15-3-6-21(34-14-29-32-33-34)19(9-15)17-10-18-5-7-22(35(18)24(36)11-17)25-28-13-20(30-25)16-4-8-23(27-12-16)31-26(37)38-2/h3-4,6,8-14,22H,5,7H2,1-2H3,(H,28,30)(H,27,31,37)/t22-/m0/s1. The summed E-state index contributed by atoms with van der Waals surface area (Å²) in [7, 11) is 1.29. The minimum atomic E-state index is -0.586. The molecule has 0 bridgehead atoms. The smallest absolute Gasteiger partial charge is 0.412 e. The zero-order valence-corrected chi connectivity index (χ0v) is 20.6. The number of fused-ring (bicyclic) bond motifs is 1. The number of aromatic amines is 1. The van der Waals surface area contributed by atoms with E-state index in [1.54, 1.807) is 33.8 Å². The van der Waals surface area contributed by atoms with Gasteiger partial charge >= 0.3 is 6.09 Å². The first-order chi connectivity index (χ1) is 18.5. The molecule has 0 saturated carbocycles. The molecule has 0 fully saturated rings. The Labute approximate surface area is 216 Å². The number of hydrogen-bond donors (Lipinski definition) is 2. The molecular weight excluding hydrogens is 486 g/mol. The van der Waals surface area contributed by atoms with Gasteiger partial charge in [0.2, 0.25) is 0 Å². The molecule has 1 atom stereocenters. The van der Waals surface area contributed by atoms with E-state index in [0.717, 1.165) is 52.2 Å². The number of aromatic nitrogens is 8. The molecule has 0 unspecified atom stereocenters. The second-order valence-electron chi connectivity index (χ2n) is 9.00. The lowest BCUT2D eigenvalue weighted by molar-refractivity contribution is 0.187. The molecule has 6 rings (SSSR count). The largest absolute Gasteiger partial charge is 0.453 e. The monoisotopic (exact) mass is 509 g/mol. The molecule has 5 heterocycles. The lowest BCUT2D eigenvalue weighted by atomic mass is 10.0. The zero-order valence-electron chi connectivity index (χ0n) is 20.6. The van der Waals surface area contributed by atoms with Crippen molar-refractivity contribution < 1.29 is 9.53 Å². The summed E-state index contributed by atoms with van der Waals surface area (Å²) in [4.78, 5) is 37.0. The van der Waals surface area contributed by atoms with Crippen molar-refractivity contribution in [2.24, 2.45) is 0 Å². The van der Waals surface area contributed by atoms with Crippen molar-refractivity contribution >= 4 is 11.9 Å². The molecule has 0 aliphatic carbocycles. The molecule has 2 N–H and O–H groups in total. The molecule has 5 aromatic rings. The molecule has 0 spiro atoms. The van der Waals surface area contributed by atoms with Crippen LogP contribution in [0.5, 0.6) is 0 Å². The molecule has 1 aliphatic heterocycles. The molecule has 1 aromatic carbocycles. The van der Waals surface area contributed by atoms with Crippen molar-refractivity contribution in [3.63, 3.8) is 0 Å². The molecule has 12 nitrogen and oxygen atoms in total. The number of rotatable bonds is 5. The molecular formula is C26H23N9O3. The summed E-state index contributed by atoms with van der Waals surface area (Å²) in [5.41, 5.74) is 6.00. The maximum absolute atomic E-state index is 13.4. The second kappa shape index (κ2) is 9.39. The van der Waals surface area contributed by atoms with Crippen LogP contribution >= 0.6 is 0 Å². The number of nitrogens with zero attached hydrogens (tertiary/aromatic N) is 7. The molecule has 38 heavy (non-hydrogen) atoms. The van der Waals surface area contributed by atoms with Crippen molar-refractivity contribution in [2.75, 3.05) is 12.4 Å². The average Bonchev–Trinajstić information content (AvgIpc) is 3.70. The van der Waals surface area contributed by atoms with Gasteiger partial charge in [0.25, 0.3) is 5.56 Å². The Morgan fingerprint density at radius 3 is 2.76 bits per heavy atom. The van der Waals surface area contributed by atoms with E-state index in [2.05, 4.69) is 46.6 Å². The van der Waals surface area contributed by atoms with Gasteiger partial charge in [0.15, 0.2) is 0 Å². The molecule has 4 aromatic heterocycles. The van der Waals surface area contributed by atoms with E-state index in [-0.39, 0.29) is 11.6 Å². The van der Waals surface area contributed by atoms with Crippen molar-refractivity contribution in [1.29, 1.82) is 0 Å². The molecule has 1 amide bonds. The summed E-state index contributed by atoms with van der Waals surface area (Å²) >= 11 is 0. The molecule has 190 valence electrons. The number of carbonyl (C=O) groups excluding carboxylic acids is 1. The lowest BCUT2D eigenvalue weighted by Crippen LogP contribution is -2.23. The van der Waals surface area contributed by atoms with Crippen molar-refractivity contribution in [2.45, 2.75) is 25.8 Å². The van der Waals surface area contributed by atoms with E-state index in [1.807, 2.05) is 31.2 Å². The van der Waals surface area contributed by atoms with Crippen LogP contribution in [-0.4, -0.2) is 52.9 Å². The highest BCUT2D eigenvalue weighted by atomic mass is 16.5. The van der Waals surface area contributed by atoms with Crippen LogP contribution in [0.3, 0.4) is 0 Å². The van der Waals surface area contributed by atoms with E-state index in [4.69, 9.17) is 0 Å². The van der Waals surface area contributed by atoms with Crippen molar-refractivity contribution in [3.05, 3.63) is 88.6 Å². The number of carbonyl (C=O) groups is 1. The van der Waals surface area contributed by atoms with E-state index >= 15 is 0 Å². The lowest BCUT2D eigenvalue weighted by Gasteiger charge is -2.15. The molecule has 1 aliphatic rings. The quantitative estimate of drug-likeness (QED) is 0.367. The highest BCUT2D eigenvalue weighted by Gasteiger charge is 2.28. The fourth-order valence-corrected chi connectivity index (χ4v) is 4.80. The Balaban J connectivity index is 1.30. The van der Waals surface area contributed by atoms with Crippen molar-refractivity contribution in [1.82, 2.24) is 39.7 Å². The minimum Gasteiger partial charge on any atom is -0.453 e. The first-order valence-electron chi connectivity index (χ1n) is 12.0. The Morgan fingerprint density at radius 1 is 1.11 bits per heavy atom. The maximum Gasteiger partial charge on any atom is 0.412 e. The summed E-state index contributed by atoms with van der Waals surface area (Å²) in [6.45, 7) is 2.01. The third kappa shape index (κ3) is 4.21. The number of tetrazole rings is 1. The number of methoxy groups -OCH3 is 1. The zero-order chi connectivity index (χ0) is 26.2. The van der Waals surface area contributed by atoms with Gasteiger partial charge in [-0.2, -0.15) is 4.68 Å². The van der Waals surface area contributed by atoms with Crippen LogP contribution in [0.1, 0.15) is 29.5 Å². The maximum atomic E-state index is 13.4. The summed E-state index contributed by atoms with van der Waals surface area (Å²) < 4.78 is 7.99. The van der Waals surface area contributed by atoms with Crippen LogP contribution in [0, 0.1) is 6.92 Å². The molecule has 12 heteroatoms. The highest BCUT2D eigenvalue weighted by molar-refractivity contribution is 5.83. The second-order valence-corrected chi connectivity index (χ2v) is 9.00. The van der Waals surface area contributed by atoms with Crippen LogP contribution < -0.4 is 10.9 Å². The van der Waals surface area contributed by atoms with Crippen LogP contribution in [0.25, 0.3) is 28.1 Å². The summed E-state index contributed by atoms with van der Waals surface area (Å²) in [6.07, 6.45) is 5.80. The molecule has 0 saturated heterocycles. The van der Waals surface area contributed by atoms with E-state index in [1.165, 1.54) is 13.4 Å². The van der Waals surface area contributed by atoms with Gasteiger partial charge in [0.05, 0.1) is 30.7 Å². The van der Waals surface area contributed by atoms with Crippen molar-refractivity contribution in [3.8, 4) is 28.1 Å². The fraction of sp³-hybridized carbons (Fsp3) is 0.192. The first kappa shape index (κ1) is 23.3. The van der Waals surface area contributed by atoms with Crippen LogP contribution in [0.15, 0.2) is 66.0 Å². The normalized spacial score (nSPS) is 14.3. The SMILES string of the molecule is COC(=O)Nc1ccc(-c2cnc([C@@H]3CCc4cc(-c5cc(C)ccc5-n5cnnn5)cc(=O)n43)[nH]2)cn1. The number of anilines is 1. The highest BCUT2D eigenvalue weighted by Crippen LogP contribution is 2.33. The van der Waals surface area contributed by atoms with Crippen LogP contribution in [0.2, 0.25) is 0 Å². The predicted octanol–water partition coefficient (Wildman–Crippen LogP) is 3.30. The van der Waals surface area contributed by atoms with Gasteiger partial charge < -0.3 is 14.3 Å². The molecule has 0 radical (unpaired) electrons. The van der Waals surface area contributed by atoms with E-state index in [0.29, 0.717) is 11.6 Å². The predicted molar refractivity (Wildman–Crippen MR) is 138 cm³/mol. The Hall–Kier alpha value is -5.13. The van der Waals surface area contributed by atoms with Gasteiger partial charge in [-0.1, -0.05) is 11.6 Å². The summed E-state index contributed by atoms with van der Waals surface area (Å²) in [6, 6.07) is 13.0. The van der Waals surface area contributed by atoms with E-state index < -0.39 is 6.09 Å². The number of hydrogen-bond acceptors (Lipinski definition) is 8. The summed E-state index contributed by atoms with van der Waals surface area (Å²) in [5, 5.41) is 14.0. The van der Waals surface area contributed by atoms with Gasteiger partial charge in [-0.05, 0) is 66.1 Å². The third-order valence-corrected chi connectivity index (χ3v) is 6.59. The average molecular weight is 510 g/mol. The number of pyridine rings is 2. The van der Waals surface area contributed by atoms with Gasteiger partial charge in [-0.15, -0.1) is 5.10 Å². The number of benzene rings is 1. The van der Waals surface area contributed by atoms with Gasteiger partial charge in [-0.3, -0.25) is 10.1 Å². The first-order valence-corrected chi connectivity index (χ1v) is 12.0. The number of aryl methyl sites for hydroxylation is 2. The number of imidazole rings is 1. The third-order valence-electron chi connectivity index (χ3n) is 6.59. The topological polar surface area (TPSA) is 146 Å². The number of H-pyrrole nitrogens is 1. The Morgan fingerprint density at radius 2 is 2.00 bits per heavy atom. The van der Waals surface area contributed by atoms with Crippen LogP contribution in [0.4, 0.5) is 10.6 Å². The number of amides is 1. The van der Waals surface area contributed by atoms with Gasteiger partial charge in [-0.25, -0.2) is 14.8 Å². The Bertz CT molecular complexity index is 1690.